The van der Waals surface area contributed by atoms with E-state index in [0.29, 0.717) is 12.6 Å². The largest absolute Gasteiger partial charge is 0.342 e. The van der Waals surface area contributed by atoms with Gasteiger partial charge in [0, 0.05) is 28.9 Å². The molecule has 0 aliphatic carbocycles. The number of nitrogens with one attached hydrogen (secondary N) is 1. The van der Waals surface area contributed by atoms with Crippen molar-refractivity contribution in [2.45, 2.75) is 45.6 Å². The summed E-state index contributed by atoms with van der Waals surface area (Å²) in [7, 11) is 0. The molecular weight excluding hydrogens is 256 g/mol. The summed E-state index contributed by atoms with van der Waals surface area (Å²) in [6, 6.07) is 4.70. The molecule has 0 saturated carbocycles. The number of hydrogen-bond donors (Lipinski definition) is 1. The lowest BCUT2D eigenvalue weighted by atomic mass is 10.1. The fourth-order valence-electron chi connectivity index (χ4n) is 2.49. The summed E-state index contributed by atoms with van der Waals surface area (Å²) in [6.45, 7) is 6.65. The van der Waals surface area contributed by atoms with Crippen molar-refractivity contribution >= 4 is 17.2 Å². The Morgan fingerprint density at radius 3 is 2.74 bits per heavy atom. The Morgan fingerprint density at radius 1 is 1.37 bits per heavy atom. The highest BCUT2D eigenvalue weighted by Gasteiger charge is 2.16. The fourth-order valence-corrected chi connectivity index (χ4v) is 3.50. The van der Waals surface area contributed by atoms with Crippen molar-refractivity contribution < 1.29 is 4.79 Å². The predicted octanol–water partition coefficient (Wildman–Crippen LogP) is 2.59. The number of piperidine rings is 1. The third kappa shape index (κ3) is 4.62. The maximum atomic E-state index is 12.0. The molecule has 19 heavy (non-hydrogen) atoms. The van der Waals surface area contributed by atoms with Crippen LogP contribution in [0.15, 0.2) is 12.1 Å². The van der Waals surface area contributed by atoms with Crippen LogP contribution in [0.2, 0.25) is 0 Å². The third-order valence-electron chi connectivity index (χ3n) is 3.61. The molecule has 0 spiro atoms. The molecule has 3 nitrogen and oxygen atoms in total. The fraction of sp³-hybridized carbons (Fsp3) is 0.667. The number of hydrogen-bond acceptors (Lipinski definition) is 3. The molecule has 1 amide bonds. The molecule has 0 radical (unpaired) electrons. The maximum Gasteiger partial charge on any atom is 0.236 e. The normalized spacial score (nSPS) is 17.5. The third-order valence-corrected chi connectivity index (χ3v) is 4.64. The second kappa shape index (κ2) is 7.06. The average Bonchev–Trinajstić information content (AvgIpc) is 2.82. The van der Waals surface area contributed by atoms with E-state index in [2.05, 4.69) is 31.3 Å². The van der Waals surface area contributed by atoms with Gasteiger partial charge in [0.1, 0.15) is 0 Å². The van der Waals surface area contributed by atoms with Crippen LogP contribution in [0.5, 0.6) is 0 Å². The van der Waals surface area contributed by atoms with E-state index in [4.69, 9.17) is 0 Å². The van der Waals surface area contributed by atoms with Crippen LogP contribution in [-0.4, -0.2) is 36.5 Å². The molecule has 1 N–H and O–H groups in total. The van der Waals surface area contributed by atoms with E-state index in [1.54, 1.807) is 0 Å². The molecule has 1 aromatic heterocycles. The highest BCUT2D eigenvalue weighted by Crippen LogP contribution is 2.16. The Balaban J connectivity index is 1.70. The van der Waals surface area contributed by atoms with E-state index in [0.717, 1.165) is 32.4 Å². The minimum absolute atomic E-state index is 0.258. The van der Waals surface area contributed by atoms with Gasteiger partial charge in [-0.1, -0.05) is 0 Å². The first-order chi connectivity index (χ1) is 9.15. The molecule has 1 aromatic rings. The molecule has 106 valence electrons. The van der Waals surface area contributed by atoms with Crippen molar-refractivity contribution in [3.05, 3.63) is 21.9 Å². The van der Waals surface area contributed by atoms with Gasteiger partial charge in [-0.05, 0) is 51.7 Å². The summed E-state index contributed by atoms with van der Waals surface area (Å²) in [4.78, 5) is 16.8. The van der Waals surface area contributed by atoms with Crippen LogP contribution in [0, 0.1) is 6.92 Å². The lowest BCUT2D eigenvalue weighted by molar-refractivity contribution is -0.131. The lowest BCUT2D eigenvalue weighted by Gasteiger charge is -2.27. The topological polar surface area (TPSA) is 32.3 Å². The van der Waals surface area contributed by atoms with E-state index < -0.39 is 0 Å². The Labute approximate surface area is 120 Å². The molecule has 1 atom stereocenters. The summed E-state index contributed by atoms with van der Waals surface area (Å²) in [6.07, 6.45) is 4.60. The van der Waals surface area contributed by atoms with Crippen LogP contribution in [0.25, 0.3) is 0 Å². The second-order valence-corrected chi connectivity index (χ2v) is 6.81. The standard InChI is InChI=1S/C15H24N2OS/c1-12(10-14-7-6-13(2)19-14)16-11-15(18)17-8-4-3-5-9-17/h6-7,12,16H,3-5,8-11H2,1-2H3. The summed E-state index contributed by atoms with van der Waals surface area (Å²) in [5, 5.41) is 3.35. The van der Waals surface area contributed by atoms with Gasteiger partial charge in [0.25, 0.3) is 0 Å². The van der Waals surface area contributed by atoms with Crippen molar-refractivity contribution in [2.24, 2.45) is 0 Å². The summed E-state index contributed by atoms with van der Waals surface area (Å²) in [5.41, 5.74) is 0. The van der Waals surface area contributed by atoms with Gasteiger partial charge < -0.3 is 10.2 Å². The number of rotatable bonds is 5. The van der Waals surface area contributed by atoms with Gasteiger partial charge in [-0.2, -0.15) is 0 Å². The van der Waals surface area contributed by atoms with Crippen molar-refractivity contribution in [3.63, 3.8) is 0 Å². The molecule has 4 heteroatoms. The molecule has 0 aromatic carbocycles. The molecule has 2 rings (SSSR count). The number of carbonyl (C=O) groups is 1. The zero-order valence-corrected chi connectivity index (χ0v) is 12.8. The summed E-state index contributed by atoms with van der Waals surface area (Å²) in [5.74, 6) is 0.258. The molecule has 1 unspecified atom stereocenters. The van der Waals surface area contributed by atoms with Crippen LogP contribution < -0.4 is 5.32 Å². The van der Waals surface area contributed by atoms with Crippen LogP contribution in [0.4, 0.5) is 0 Å². The number of thiophene rings is 1. The highest BCUT2D eigenvalue weighted by molar-refractivity contribution is 7.11. The van der Waals surface area contributed by atoms with Gasteiger partial charge in [0.15, 0.2) is 0 Å². The van der Waals surface area contributed by atoms with Gasteiger partial charge in [-0.15, -0.1) is 11.3 Å². The van der Waals surface area contributed by atoms with Crippen molar-refractivity contribution in [1.82, 2.24) is 10.2 Å². The van der Waals surface area contributed by atoms with Crippen LogP contribution >= 0.6 is 11.3 Å². The van der Waals surface area contributed by atoms with Gasteiger partial charge in [0.05, 0.1) is 6.54 Å². The number of nitrogens with zero attached hydrogens (tertiary/aromatic N) is 1. The SMILES string of the molecule is Cc1ccc(CC(C)NCC(=O)N2CCCCC2)s1. The molecule has 0 bridgehead atoms. The van der Waals surface area contributed by atoms with Crippen LogP contribution in [-0.2, 0) is 11.2 Å². The molecule has 1 aliphatic heterocycles. The minimum atomic E-state index is 0.258. The smallest absolute Gasteiger partial charge is 0.236 e. The molecule has 2 heterocycles. The van der Waals surface area contributed by atoms with Crippen molar-refractivity contribution in [3.8, 4) is 0 Å². The first kappa shape index (κ1) is 14.5. The van der Waals surface area contributed by atoms with Gasteiger partial charge >= 0.3 is 0 Å². The van der Waals surface area contributed by atoms with Gasteiger partial charge in [-0.3, -0.25) is 4.79 Å². The Hall–Kier alpha value is -0.870. The Morgan fingerprint density at radius 2 is 2.11 bits per heavy atom. The van der Waals surface area contributed by atoms with Gasteiger partial charge in [-0.25, -0.2) is 0 Å². The highest BCUT2D eigenvalue weighted by atomic mass is 32.1. The maximum absolute atomic E-state index is 12.0. The van der Waals surface area contributed by atoms with E-state index in [9.17, 15) is 4.79 Å². The van der Waals surface area contributed by atoms with Crippen LogP contribution in [0.3, 0.4) is 0 Å². The Kier molecular flexibility index (Phi) is 5.40. The quantitative estimate of drug-likeness (QED) is 0.899. The van der Waals surface area contributed by atoms with E-state index in [1.165, 1.54) is 16.2 Å². The summed E-state index contributed by atoms with van der Waals surface area (Å²) < 4.78 is 0. The summed E-state index contributed by atoms with van der Waals surface area (Å²) >= 11 is 1.84. The number of amides is 1. The van der Waals surface area contributed by atoms with Crippen molar-refractivity contribution in [1.29, 1.82) is 0 Å². The van der Waals surface area contributed by atoms with E-state index in [1.807, 2.05) is 16.2 Å². The average molecular weight is 280 g/mol. The first-order valence-corrected chi connectivity index (χ1v) is 8.03. The Bertz CT molecular complexity index is 410. The molecule has 1 saturated heterocycles. The zero-order chi connectivity index (χ0) is 13.7. The zero-order valence-electron chi connectivity index (χ0n) is 11.9. The number of carbonyl (C=O) groups excluding carboxylic acids is 1. The van der Waals surface area contributed by atoms with Gasteiger partial charge in [0.2, 0.25) is 5.91 Å². The minimum Gasteiger partial charge on any atom is -0.342 e. The van der Waals surface area contributed by atoms with E-state index in [-0.39, 0.29) is 5.91 Å². The molecule has 1 aliphatic rings. The number of aryl methyl sites for hydroxylation is 1. The number of likely N-dealkylation sites (tertiary alicyclic amines) is 1. The lowest BCUT2D eigenvalue weighted by Crippen LogP contribution is -2.43. The van der Waals surface area contributed by atoms with E-state index >= 15 is 0 Å². The first-order valence-electron chi connectivity index (χ1n) is 7.21. The monoisotopic (exact) mass is 280 g/mol. The second-order valence-electron chi connectivity index (χ2n) is 5.44. The van der Waals surface area contributed by atoms with Crippen LogP contribution in [0.1, 0.15) is 35.9 Å². The van der Waals surface area contributed by atoms with Crippen molar-refractivity contribution in [2.75, 3.05) is 19.6 Å². The molecule has 1 fully saturated rings. The molecular formula is C15H24N2OS. The predicted molar refractivity (Wildman–Crippen MR) is 80.7 cm³/mol.